The predicted octanol–water partition coefficient (Wildman–Crippen LogP) is 17.2. The van der Waals surface area contributed by atoms with E-state index < -0.39 is 37.5 Å². The van der Waals surface area contributed by atoms with Gasteiger partial charge in [-0.2, -0.15) is 26.3 Å². The standard InChI is InChI=1S/C81H101F6N15/c1-8-98-67(75-53(3)42-59(45-89-75)58-27-28-65-63(44-58)92-78(100(65)47-55-29-36-94(5)37-30-55)72-26-14-23-68(102(72)51-81(85,86)87)73-52(2)16-15-35-88-73)22-13-25-71(98)79-93-76-61(17-11-21-69(76)101(79)49-56-31-38-95(6)39-32-56)60-43-54(4)74(90-46-60)66-20-12-24-70(96(66)7)77-91-62-18-9-10-19-64(62)99(77)48-57-33-40-97(41-34-57)50-80(82,83)84/h9-11,15-19,21,27-28,35,42-46,55-57,66-68,70-72H,8,12-14,20,22-26,29-34,36-41,47-51H2,1-7H3/t66-,67-,68-,70+,71+,72+/m0/s1. The molecular weight excluding hydrogens is 1300 g/mol. The summed E-state index contributed by atoms with van der Waals surface area (Å²) in [5.74, 6) is 4.01. The molecule has 0 bridgehead atoms. The van der Waals surface area contributed by atoms with Crippen molar-refractivity contribution in [1.29, 1.82) is 0 Å². The number of alkyl halides is 6. The fraction of sp³-hybridized carbons (Fsp3) is 0.556. The van der Waals surface area contributed by atoms with Gasteiger partial charge in [-0.25, -0.2) is 15.0 Å². The maximum absolute atomic E-state index is 14.9. The maximum Gasteiger partial charge on any atom is 0.401 e. The van der Waals surface area contributed by atoms with Crippen LogP contribution in [0.2, 0.25) is 0 Å². The number of halogens is 6. The van der Waals surface area contributed by atoms with Crippen molar-refractivity contribution in [2.75, 3.05) is 80.0 Å². The Morgan fingerprint density at radius 2 is 0.922 bits per heavy atom. The second-order valence-electron chi connectivity index (χ2n) is 31.2. The number of para-hydroxylation sites is 3. The Balaban J connectivity index is 0.713. The van der Waals surface area contributed by atoms with Crippen molar-refractivity contribution >= 4 is 33.1 Å². The van der Waals surface area contributed by atoms with Crippen molar-refractivity contribution in [3.8, 4) is 22.3 Å². The Labute approximate surface area is 596 Å². The Morgan fingerprint density at radius 3 is 1.55 bits per heavy atom. The number of benzene rings is 3. The molecule has 0 spiro atoms. The molecule has 6 atom stereocenters. The summed E-state index contributed by atoms with van der Waals surface area (Å²) in [5, 5.41) is 0. The summed E-state index contributed by atoms with van der Waals surface area (Å²) in [6.45, 7) is 14.9. The zero-order valence-electron chi connectivity index (χ0n) is 60.6. The molecule has 6 aliphatic rings. The molecule has 102 heavy (non-hydrogen) atoms. The molecule has 542 valence electrons. The van der Waals surface area contributed by atoms with Gasteiger partial charge in [0.05, 0.1) is 99.5 Å². The summed E-state index contributed by atoms with van der Waals surface area (Å²) in [4.78, 5) is 45.3. The van der Waals surface area contributed by atoms with E-state index in [4.69, 9.17) is 29.9 Å². The van der Waals surface area contributed by atoms with Gasteiger partial charge >= 0.3 is 12.4 Å². The molecule has 0 aliphatic carbocycles. The topological polar surface area (TPSA) is 112 Å². The quantitative estimate of drug-likeness (QED) is 0.0809. The van der Waals surface area contributed by atoms with Crippen LogP contribution in [0, 0.1) is 38.5 Å². The van der Waals surface area contributed by atoms with Gasteiger partial charge in [0.15, 0.2) is 0 Å². The van der Waals surface area contributed by atoms with E-state index in [0.717, 1.165) is 224 Å². The van der Waals surface area contributed by atoms with Gasteiger partial charge < -0.3 is 23.5 Å². The molecule has 15 nitrogen and oxygen atoms in total. The van der Waals surface area contributed by atoms with Crippen molar-refractivity contribution in [3.63, 3.8) is 0 Å². The van der Waals surface area contributed by atoms with Crippen LogP contribution < -0.4 is 0 Å². The lowest BCUT2D eigenvalue weighted by Gasteiger charge is -2.42. The largest absolute Gasteiger partial charge is 0.401 e. The van der Waals surface area contributed by atoms with Gasteiger partial charge in [0.1, 0.15) is 17.5 Å². The molecule has 15 rings (SSSR count). The normalized spacial score (nSPS) is 23.8. The number of hydrogen-bond donors (Lipinski definition) is 0. The number of hydrogen-bond acceptors (Lipinski definition) is 12. The Bertz CT molecular complexity index is 4420. The third-order valence-electron chi connectivity index (χ3n) is 24.3. The fourth-order valence-electron chi connectivity index (χ4n) is 18.9. The van der Waals surface area contributed by atoms with Crippen LogP contribution in [0.25, 0.3) is 55.4 Å². The van der Waals surface area contributed by atoms with E-state index in [1.807, 2.05) is 31.3 Å². The third-order valence-corrected chi connectivity index (χ3v) is 24.3. The lowest BCUT2D eigenvalue weighted by Crippen LogP contribution is -2.43. The Kier molecular flexibility index (Phi) is 20.3. The van der Waals surface area contributed by atoms with Crippen LogP contribution in [0.3, 0.4) is 0 Å². The number of aryl methyl sites for hydroxylation is 3. The smallest absolute Gasteiger partial charge is 0.326 e. The van der Waals surface area contributed by atoms with Crippen molar-refractivity contribution in [2.45, 2.75) is 192 Å². The Hall–Kier alpha value is -7.14. The first-order valence-corrected chi connectivity index (χ1v) is 38.0. The SMILES string of the molecule is CCN1[C@@H](c2nc3c(-c4cnc([C@@H]5CCC[C@H](c6nc7ccccc7n6CC6CCN(CC(F)(F)F)CC6)N5C)c(C)c4)cccc3n2CC2CCN(C)CC2)CCC[C@H]1c1ncc(-c2ccc3c(c2)nc([C@H]2CCC[C@@H](c4ncccc4C)N2CC(F)(F)F)n3CC2CCN(C)CC2)cc1C. The highest BCUT2D eigenvalue weighted by atomic mass is 19.4. The number of pyridine rings is 3. The van der Waals surface area contributed by atoms with Gasteiger partial charge in [-0.1, -0.05) is 43.3 Å². The van der Waals surface area contributed by atoms with Crippen LogP contribution >= 0.6 is 0 Å². The van der Waals surface area contributed by atoms with Crippen LogP contribution in [0.4, 0.5) is 26.3 Å². The molecule has 12 heterocycles. The lowest BCUT2D eigenvalue weighted by atomic mass is 9.90. The summed E-state index contributed by atoms with van der Waals surface area (Å²) < 4.78 is 92.0. The van der Waals surface area contributed by atoms with E-state index in [1.54, 1.807) is 16.0 Å². The molecule has 0 unspecified atom stereocenters. The molecule has 0 saturated carbocycles. The van der Waals surface area contributed by atoms with Gasteiger partial charge in [-0.05, 0) is 273 Å². The van der Waals surface area contributed by atoms with Gasteiger partial charge in [-0.3, -0.25) is 34.6 Å². The number of aromatic nitrogens is 9. The fourth-order valence-corrected chi connectivity index (χ4v) is 18.9. The highest BCUT2D eigenvalue weighted by Gasteiger charge is 2.45. The number of likely N-dealkylation sites (tertiary alicyclic amines) is 6. The number of nitrogens with zero attached hydrogens (tertiary/aromatic N) is 15. The summed E-state index contributed by atoms with van der Waals surface area (Å²) in [6.07, 6.45) is 10.8. The first-order valence-electron chi connectivity index (χ1n) is 38.0. The van der Waals surface area contributed by atoms with Crippen molar-refractivity contribution < 1.29 is 26.3 Å². The van der Waals surface area contributed by atoms with E-state index in [0.29, 0.717) is 55.8 Å². The van der Waals surface area contributed by atoms with Crippen LogP contribution in [0.1, 0.15) is 191 Å². The zero-order valence-corrected chi connectivity index (χ0v) is 60.6. The molecule has 6 aromatic heterocycles. The molecule has 6 saturated heterocycles. The van der Waals surface area contributed by atoms with E-state index in [-0.39, 0.29) is 30.1 Å². The number of fused-ring (bicyclic) bond motifs is 3. The van der Waals surface area contributed by atoms with Crippen LogP contribution in [0.15, 0.2) is 104 Å². The zero-order chi connectivity index (χ0) is 70.7. The van der Waals surface area contributed by atoms with E-state index in [1.165, 1.54) is 0 Å². The summed E-state index contributed by atoms with van der Waals surface area (Å²) in [6, 6.07) is 29.0. The minimum atomic E-state index is -4.41. The maximum atomic E-state index is 14.9. The monoisotopic (exact) mass is 1400 g/mol. The van der Waals surface area contributed by atoms with Gasteiger partial charge in [-0.15, -0.1) is 0 Å². The molecule has 0 radical (unpaired) electrons. The molecule has 0 amide bonds. The van der Waals surface area contributed by atoms with Crippen molar-refractivity contribution in [2.24, 2.45) is 17.8 Å². The van der Waals surface area contributed by atoms with E-state index in [9.17, 15) is 26.3 Å². The van der Waals surface area contributed by atoms with Gasteiger partial charge in [0.25, 0.3) is 0 Å². The summed E-state index contributed by atoms with van der Waals surface area (Å²) in [7, 11) is 6.61. The summed E-state index contributed by atoms with van der Waals surface area (Å²) >= 11 is 0. The number of imidazole rings is 3. The summed E-state index contributed by atoms with van der Waals surface area (Å²) in [5.41, 5.74) is 16.0. The molecule has 3 aromatic carbocycles. The van der Waals surface area contributed by atoms with Crippen molar-refractivity contribution in [3.05, 3.63) is 155 Å². The van der Waals surface area contributed by atoms with Crippen LogP contribution in [0.5, 0.6) is 0 Å². The van der Waals surface area contributed by atoms with E-state index in [2.05, 4.69) is 148 Å². The first kappa shape index (κ1) is 70.5. The van der Waals surface area contributed by atoms with Crippen molar-refractivity contribution in [1.82, 2.24) is 73.0 Å². The van der Waals surface area contributed by atoms with Gasteiger partial charge in [0, 0.05) is 54.9 Å². The first-order chi connectivity index (χ1) is 49.2. The van der Waals surface area contributed by atoms with Gasteiger partial charge in [0.2, 0.25) is 0 Å². The molecule has 21 heteroatoms. The molecule has 6 aliphatic heterocycles. The molecular formula is C81H101F6N15. The highest BCUT2D eigenvalue weighted by molar-refractivity contribution is 5.92. The Morgan fingerprint density at radius 1 is 0.422 bits per heavy atom. The second-order valence-corrected chi connectivity index (χ2v) is 31.2. The van der Waals surface area contributed by atoms with E-state index >= 15 is 0 Å². The van der Waals surface area contributed by atoms with Crippen LogP contribution in [-0.2, 0) is 19.6 Å². The third kappa shape index (κ3) is 14.6. The number of rotatable bonds is 17. The minimum Gasteiger partial charge on any atom is -0.326 e. The number of piperidine rings is 6. The molecule has 9 aromatic rings. The predicted molar refractivity (Wildman–Crippen MR) is 391 cm³/mol. The average molecular weight is 1400 g/mol. The minimum absolute atomic E-state index is 0.0369. The molecule has 0 N–H and O–H groups in total. The van der Waals surface area contributed by atoms with Crippen LogP contribution in [-0.4, -0.2) is 165 Å². The average Bonchev–Trinajstić information content (AvgIpc) is 1.60. The highest BCUT2D eigenvalue weighted by Crippen LogP contribution is 2.48. The lowest BCUT2D eigenvalue weighted by molar-refractivity contribution is -0.162. The second kappa shape index (κ2) is 29.4. The molecule has 6 fully saturated rings.